The fourth-order valence-electron chi connectivity index (χ4n) is 2.42. The number of benzene rings is 2. The van der Waals surface area contributed by atoms with E-state index in [0.717, 1.165) is 16.1 Å². The largest absolute Gasteiger partial charge is 0.387 e. The van der Waals surface area contributed by atoms with Crippen molar-refractivity contribution in [2.75, 3.05) is 6.54 Å². The first-order valence-electron chi connectivity index (χ1n) is 8.17. The molecule has 2 aromatic carbocycles. The molecule has 138 valence electrons. The van der Waals surface area contributed by atoms with E-state index in [1.165, 1.54) is 35.6 Å². The average molecular weight is 383 g/mol. The Morgan fingerprint density at radius 3 is 2.52 bits per heavy atom. The summed E-state index contributed by atoms with van der Waals surface area (Å²) < 4.78 is 0. The highest BCUT2D eigenvalue weighted by Crippen LogP contribution is 2.24. The normalized spacial score (nSPS) is 11.8. The van der Waals surface area contributed by atoms with E-state index < -0.39 is 11.0 Å². The van der Waals surface area contributed by atoms with Gasteiger partial charge in [-0.05, 0) is 24.6 Å². The maximum Gasteiger partial charge on any atom is 0.270 e. The highest BCUT2D eigenvalue weighted by Gasteiger charge is 2.15. The molecule has 0 unspecified atom stereocenters. The van der Waals surface area contributed by atoms with Gasteiger partial charge in [-0.3, -0.25) is 14.9 Å². The van der Waals surface area contributed by atoms with E-state index in [9.17, 15) is 20.0 Å². The second-order valence-corrected chi connectivity index (χ2v) is 6.84. The number of non-ortho nitro benzene ring substituents is 1. The Kier molecular flexibility index (Phi) is 5.58. The molecule has 0 saturated heterocycles. The lowest BCUT2D eigenvalue weighted by atomic mass is 10.1. The first-order chi connectivity index (χ1) is 12.9. The van der Waals surface area contributed by atoms with Gasteiger partial charge in [0.15, 0.2) is 0 Å². The number of aryl methyl sites for hydroxylation is 1. The Bertz CT molecular complexity index is 952. The minimum atomic E-state index is -0.968. The van der Waals surface area contributed by atoms with Crippen molar-refractivity contribution in [3.63, 3.8) is 0 Å². The molecule has 0 radical (unpaired) electrons. The molecule has 8 heteroatoms. The Hall–Kier alpha value is -3.10. The molecule has 1 atom stereocenters. The minimum Gasteiger partial charge on any atom is -0.387 e. The van der Waals surface area contributed by atoms with Gasteiger partial charge in [-0.1, -0.05) is 29.8 Å². The third kappa shape index (κ3) is 4.55. The lowest BCUT2D eigenvalue weighted by Crippen LogP contribution is -2.28. The van der Waals surface area contributed by atoms with Crippen LogP contribution in [-0.2, 0) is 0 Å². The number of rotatable bonds is 6. The molecular weight excluding hydrogens is 366 g/mol. The number of aliphatic hydroxyl groups excluding tert-OH is 1. The lowest BCUT2D eigenvalue weighted by Gasteiger charge is -2.11. The monoisotopic (exact) mass is 383 g/mol. The topological polar surface area (TPSA) is 105 Å². The van der Waals surface area contributed by atoms with Gasteiger partial charge >= 0.3 is 0 Å². The van der Waals surface area contributed by atoms with Crippen LogP contribution in [0.3, 0.4) is 0 Å². The molecule has 3 rings (SSSR count). The number of amides is 1. The molecule has 7 nitrogen and oxygen atoms in total. The number of carbonyl (C=O) groups excluding carboxylic acids is 1. The maximum absolute atomic E-state index is 12.3. The van der Waals surface area contributed by atoms with Crippen molar-refractivity contribution in [1.29, 1.82) is 0 Å². The van der Waals surface area contributed by atoms with Gasteiger partial charge in [0.05, 0.1) is 11.0 Å². The van der Waals surface area contributed by atoms with Crippen molar-refractivity contribution in [2.45, 2.75) is 13.0 Å². The summed E-state index contributed by atoms with van der Waals surface area (Å²) in [6.07, 6.45) is -0.968. The third-order valence-electron chi connectivity index (χ3n) is 3.98. The molecule has 1 heterocycles. The number of hydrogen-bond acceptors (Lipinski definition) is 6. The summed E-state index contributed by atoms with van der Waals surface area (Å²) in [5, 5.41) is 25.9. The van der Waals surface area contributed by atoms with Crippen LogP contribution in [0.4, 0.5) is 5.69 Å². The van der Waals surface area contributed by atoms with E-state index in [1.807, 2.05) is 31.2 Å². The number of nitrogens with one attached hydrogen (secondary N) is 1. The SMILES string of the molecule is Cc1ccc(-c2nc(C(=O)NC[C@@H](O)c3ccc([N+](=O)[O-])cc3)cs2)cc1. The van der Waals surface area contributed by atoms with Crippen molar-refractivity contribution in [3.8, 4) is 10.6 Å². The van der Waals surface area contributed by atoms with E-state index in [-0.39, 0.29) is 23.8 Å². The molecular formula is C19H17N3O4S. The first kappa shape index (κ1) is 18.7. The summed E-state index contributed by atoms with van der Waals surface area (Å²) in [4.78, 5) is 26.7. The summed E-state index contributed by atoms with van der Waals surface area (Å²) in [7, 11) is 0. The molecule has 2 N–H and O–H groups in total. The number of aliphatic hydroxyl groups is 1. The first-order valence-corrected chi connectivity index (χ1v) is 9.05. The Morgan fingerprint density at radius 1 is 1.22 bits per heavy atom. The Morgan fingerprint density at radius 2 is 1.89 bits per heavy atom. The van der Waals surface area contributed by atoms with Gasteiger partial charge in [0.2, 0.25) is 0 Å². The summed E-state index contributed by atoms with van der Waals surface area (Å²) >= 11 is 1.37. The summed E-state index contributed by atoms with van der Waals surface area (Å²) in [6, 6.07) is 13.4. The van der Waals surface area contributed by atoms with E-state index in [2.05, 4.69) is 10.3 Å². The molecule has 1 amide bonds. The van der Waals surface area contributed by atoms with E-state index >= 15 is 0 Å². The third-order valence-corrected chi connectivity index (χ3v) is 4.87. The van der Waals surface area contributed by atoms with E-state index in [4.69, 9.17) is 0 Å². The summed E-state index contributed by atoms with van der Waals surface area (Å²) in [5.41, 5.74) is 2.80. The van der Waals surface area contributed by atoms with Gasteiger partial charge in [0, 0.05) is 29.6 Å². The molecule has 0 spiro atoms. The highest BCUT2D eigenvalue weighted by atomic mass is 32.1. The molecule has 0 aliphatic rings. The van der Waals surface area contributed by atoms with Crippen LogP contribution in [0.5, 0.6) is 0 Å². The van der Waals surface area contributed by atoms with Crippen molar-refractivity contribution in [2.24, 2.45) is 0 Å². The predicted molar refractivity (Wildman–Crippen MR) is 103 cm³/mol. The van der Waals surface area contributed by atoms with Gasteiger partial charge < -0.3 is 10.4 Å². The van der Waals surface area contributed by atoms with Crippen molar-refractivity contribution in [3.05, 3.63) is 80.8 Å². The van der Waals surface area contributed by atoms with Crippen molar-refractivity contribution >= 4 is 22.9 Å². The lowest BCUT2D eigenvalue weighted by molar-refractivity contribution is -0.384. The van der Waals surface area contributed by atoms with Crippen LogP contribution < -0.4 is 5.32 Å². The number of carbonyl (C=O) groups is 1. The molecule has 27 heavy (non-hydrogen) atoms. The van der Waals surface area contributed by atoms with Crippen LogP contribution in [0.25, 0.3) is 10.6 Å². The molecule has 0 saturated carbocycles. The van der Waals surface area contributed by atoms with Crippen LogP contribution in [0.2, 0.25) is 0 Å². The number of thiazole rings is 1. The van der Waals surface area contributed by atoms with E-state index in [0.29, 0.717) is 5.56 Å². The average Bonchev–Trinajstić information content (AvgIpc) is 3.16. The summed E-state index contributed by atoms with van der Waals surface area (Å²) in [5.74, 6) is -0.384. The number of aromatic nitrogens is 1. The summed E-state index contributed by atoms with van der Waals surface area (Å²) in [6.45, 7) is 1.98. The zero-order chi connectivity index (χ0) is 19.4. The number of hydrogen-bond donors (Lipinski definition) is 2. The number of nitrogens with zero attached hydrogens (tertiary/aromatic N) is 2. The quantitative estimate of drug-likeness (QED) is 0.501. The zero-order valence-corrected chi connectivity index (χ0v) is 15.3. The zero-order valence-electron chi connectivity index (χ0n) is 14.5. The highest BCUT2D eigenvalue weighted by molar-refractivity contribution is 7.13. The van der Waals surface area contributed by atoms with E-state index in [1.54, 1.807) is 5.38 Å². The predicted octanol–water partition coefficient (Wildman–Crippen LogP) is 3.49. The van der Waals surface area contributed by atoms with Gasteiger partial charge in [-0.25, -0.2) is 4.98 Å². The number of nitro benzene ring substituents is 1. The molecule has 0 aliphatic carbocycles. The van der Waals surface area contributed by atoms with Crippen molar-refractivity contribution in [1.82, 2.24) is 10.3 Å². The van der Waals surface area contributed by atoms with Gasteiger partial charge in [0.1, 0.15) is 10.7 Å². The van der Waals surface area contributed by atoms with Crippen LogP contribution in [0.1, 0.15) is 27.7 Å². The Balaban J connectivity index is 1.60. The minimum absolute atomic E-state index is 0.0198. The van der Waals surface area contributed by atoms with Gasteiger partial charge in [-0.15, -0.1) is 11.3 Å². The molecule has 0 fully saturated rings. The van der Waals surface area contributed by atoms with Crippen LogP contribution >= 0.6 is 11.3 Å². The van der Waals surface area contributed by atoms with Crippen LogP contribution in [0, 0.1) is 17.0 Å². The molecule has 0 aliphatic heterocycles. The standard InChI is InChI=1S/C19H17N3O4S/c1-12-2-4-14(5-3-12)19-21-16(11-27-19)18(24)20-10-17(23)13-6-8-15(9-7-13)22(25)26/h2-9,11,17,23H,10H2,1H3,(H,20,24)/t17-/m1/s1. The van der Waals surface area contributed by atoms with Crippen LogP contribution in [-0.4, -0.2) is 27.5 Å². The smallest absolute Gasteiger partial charge is 0.270 e. The molecule has 1 aromatic heterocycles. The van der Waals surface area contributed by atoms with Gasteiger partial charge in [0.25, 0.3) is 11.6 Å². The molecule has 3 aromatic rings. The fourth-order valence-corrected chi connectivity index (χ4v) is 3.23. The Labute approximate surface area is 159 Å². The second-order valence-electron chi connectivity index (χ2n) is 5.98. The van der Waals surface area contributed by atoms with Gasteiger partial charge in [-0.2, -0.15) is 0 Å². The number of nitro groups is 1. The second kappa shape index (κ2) is 8.07. The fraction of sp³-hybridized carbons (Fsp3) is 0.158. The molecule has 0 bridgehead atoms. The maximum atomic E-state index is 12.3. The van der Waals surface area contributed by atoms with Crippen molar-refractivity contribution < 1.29 is 14.8 Å². The van der Waals surface area contributed by atoms with Crippen LogP contribution in [0.15, 0.2) is 53.9 Å².